The molecule has 0 saturated heterocycles. The fraction of sp³-hybridized carbons (Fsp3) is 0.364. The Kier molecular flexibility index (Phi) is 4.85. The summed E-state index contributed by atoms with van der Waals surface area (Å²) in [5, 5.41) is 12.3. The molecule has 0 spiro atoms. The standard InChI is InChI=1S/C22H25ClO/c1-4-17-13-15(2)22(24,16(3)14-17)21-19(11-8-12-20(21)23)18-9-6-5-7-10-18/h5-12,16-17,24H,2,4,13-14H2,1,3H3. The molecular formula is C22H25ClO. The van der Waals surface area contributed by atoms with Gasteiger partial charge in [0.25, 0.3) is 0 Å². The van der Waals surface area contributed by atoms with E-state index in [1.54, 1.807) is 0 Å². The first-order valence-electron chi connectivity index (χ1n) is 8.73. The van der Waals surface area contributed by atoms with Crippen LogP contribution in [0.2, 0.25) is 5.02 Å². The summed E-state index contributed by atoms with van der Waals surface area (Å²) in [4.78, 5) is 0. The Balaban J connectivity index is 2.17. The maximum atomic E-state index is 11.7. The summed E-state index contributed by atoms with van der Waals surface area (Å²) in [6.07, 6.45) is 2.97. The lowest BCUT2D eigenvalue weighted by Gasteiger charge is -2.44. The largest absolute Gasteiger partial charge is 0.380 e. The predicted molar refractivity (Wildman–Crippen MR) is 102 cm³/mol. The fourth-order valence-electron chi connectivity index (χ4n) is 4.11. The van der Waals surface area contributed by atoms with Gasteiger partial charge in [-0.3, -0.25) is 0 Å². The summed E-state index contributed by atoms with van der Waals surface area (Å²) >= 11 is 6.60. The molecule has 24 heavy (non-hydrogen) atoms. The van der Waals surface area contributed by atoms with E-state index in [0.717, 1.165) is 41.5 Å². The molecule has 1 nitrogen and oxygen atoms in total. The van der Waals surface area contributed by atoms with E-state index in [-0.39, 0.29) is 5.92 Å². The van der Waals surface area contributed by atoms with Crippen molar-refractivity contribution in [2.24, 2.45) is 11.8 Å². The smallest absolute Gasteiger partial charge is 0.115 e. The van der Waals surface area contributed by atoms with E-state index < -0.39 is 5.60 Å². The van der Waals surface area contributed by atoms with Crippen LogP contribution in [0.1, 0.15) is 38.7 Å². The van der Waals surface area contributed by atoms with Crippen LogP contribution in [-0.2, 0) is 5.60 Å². The highest BCUT2D eigenvalue weighted by Crippen LogP contribution is 2.51. The Labute approximate surface area is 150 Å². The molecule has 2 heteroatoms. The Hall–Kier alpha value is -1.57. The zero-order chi connectivity index (χ0) is 17.3. The van der Waals surface area contributed by atoms with Gasteiger partial charge in [0.05, 0.1) is 0 Å². The summed E-state index contributed by atoms with van der Waals surface area (Å²) in [5.41, 5.74) is 2.69. The van der Waals surface area contributed by atoms with Gasteiger partial charge in [-0.15, -0.1) is 0 Å². The SMILES string of the molecule is C=C1CC(CC)CC(C)C1(O)c1c(Cl)cccc1-c1ccccc1. The van der Waals surface area contributed by atoms with Crippen LogP contribution in [-0.4, -0.2) is 5.11 Å². The molecule has 0 aromatic heterocycles. The van der Waals surface area contributed by atoms with E-state index in [2.05, 4.69) is 32.6 Å². The van der Waals surface area contributed by atoms with Gasteiger partial charge < -0.3 is 5.11 Å². The lowest BCUT2D eigenvalue weighted by molar-refractivity contribution is -0.0127. The molecule has 1 aliphatic rings. The summed E-state index contributed by atoms with van der Waals surface area (Å²) in [6.45, 7) is 8.58. The van der Waals surface area contributed by atoms with E-state index in [1.165, 1.54) is 0 Å². The van der Waals surface area contributed by atoms with E-state index in [0.29, 0.717) is 10.9 Å². The third-order valence-electron chi connectivity index (χ3n) is 5.53. The highest BCUT2D eigenvalue weighted by Gasteiger charge is 2.45. The molecule has 1 N–H and O–H groups in total. The van der Waals surface area contributed by atoms with Crippen LogP contribution in [0.15, 0.2) is 60.7 Å². The number of rotatable bonds is 3. The quantitative estimate of drug-likeness (QED) is 0.659. The van der Waals surface area contributed by atoms with Crippen molar-refractivity contribution in [1.82, 2.24) is 0 Å². The van der Waals surface area contributed by atoms with Crippen LogP contribution < -0.4 is 0 Å². The first-order chi connectivity index (χ1) is 11.5. The molecule has 0 amide bonds. The van der Waals surface area contributed by atoms with Crippen LogP contribution in [0.25, 0.3) is 11.1 Å². The van der Waals surface area contributed by atoms with Crippen molar-refractivity contribution in [1.29, 1.82) is 0 Å². The summed E-state index contributed by atoms with van der Waals surface area (Å²) in [6, 6.07) is 16.0. The van der Waals surface area contributed by atoms with Crippen molar-refractivity contribution in [3.63, 3.8) is 0 Å². The van der Waals surface area contributed by atoms with Crippen LogP contribution in [0, 0.1) is 11.8 Å². The second kappa shape index (κ2) is 6.74. The summed E-state index contributed by atoms with van der Waals surface area (Å²) < 4.78 is 0. The highest BCUT2D eigenvalue weighted by molar-refractivity contribution is 6.32. The van der Waals surface area contributed by atoms with Gasteiger partial charge in [-0.05, 0) is 47.4 Å². The molecule has 1 fully saturated rings. The molecule has 0 aliphatic heterocycles. The van der Waals surface area contributed by atoms with Gasteiger partial charge in [0.1, 0.15) is 5.60 Å². The lowest BCUT2D eigenvalue weighted by Crippen LogP contribution is -2.41. The maximum Gasteiger partial charge on any atom is 0.115 e. The van der Waals surface area contributed by atoms with Crippen molar-refractivity contribution in [3.8, 4) is 11.1 Å². The van der Waals surface area contributed by atoms with Crippen molar-refractivity contribution >= 4 is 11.6 Å². The first-order valence-corrected chi connectivity index (χ1v) is 9.11. The van der Waals surface area contributed by atoms with Gasteiger partial charge in [0, 0.05) is 10.6 Å². The zero-order valence-electron chi connectivity index (χ0n) is 14.4. The minimum absolute atomic E-state index is 0.0889. The molecule has 2 aromatic carbocycles. The summed E-state index contributed by atoms with van der Waals surface area (Å²) in [7, 11) is 0. The van der Waals surface area contributed by atoms with E-state index >= 15 is 0 Å². The molecule has 0 heterocycles. The second-order valence-electron chi connectivity index (χ2n) is 7.01. The normalized spacial score (nSPS) is 27.2. The molecule has 1 saturated carbocycles. The van der Waals surface area contributed by atoms with Crippen LogP contribution in [0.5, 0.6) is 0 Å². The predicted octanol–water partition coefficient (Wildman–Crippen LogP) is 6.21. The Morgan fingerprint density at radius 3 is 2.50 bits per heavy atom. The number of aliphatic hydroxyl groups is 1. The monoisotopic (exact) mass is 340 g/mol. The molecule has 3 rings (SSSR count). The van der Waals surface area contributed by atoms with Crippen molar-refractivity contribution in [3.05, 3.63) is 71.3 Å². The van der Waals surface area contributed by atoms with Gasteiger partial charge in [0.2, 0.25) is 0 Å². The van der Waals surface area contributed by atoms with Crippen LogP contribution in [0.4, 0.5) is 0 Å². The van der Waals surface area contributed by atoms with Crippen LogP contribution >= 0.6 is 11.6 Å². The first kappa shape index (κ1) is 17.3. The van der Waals surface area contributed by atoms with Gasteiger partial charge >= 0.3 is 0 Å². The van der Waals surface area contributed by atoms with Gasteiger partial charge in [0.15, 0.2) is 0 Å². The van der Waals surface area contributed by atoms with E-state index in [4.69, 9.17) is 11.6 Å². The molecule has 2 aromatic rings. The molecule has 1 aliphatic carbocycles. The Bertz CT molecular complexity index is 737. The molecule has 3 atom stereocenters. The van der Waals surface area contributed by atoms with Gasteiger partial charge in [-0.25, -0.2) is 0 Å². The molecular weight excluding hydrogens is 316 g/mol. The molecule has 0 bridgehead atoms. The van der Waals surface area contributed by atoms with Gasteiger partial charge in [-0.2, -0.15) is 0 Å². The fourth-order valence-corrected chi connectivity index (χ4v) is 4.43. The van der Waals surface area contributed by atoms with Crippen molar-refractivity contribution in [2.45, 2.75) is 38.7 Å². The highest BCUT2D eigenvalue weighted by atomic mass is 35.5. The zero-order valence-corrected chi connectivity index (χ0v) is 15.2. The lowest BCUT2D eigenvalue weighted by atomic mass is 9.64. The molecule has 126 valence electrons. The average molecular weight is 341 g/mol. The molecule has 0 radical (unpaired) electrons. The molecule has 3 unspecified atom stereocenters. The summed E-state index contributed by atoms with van der Waals surface area (Å²) in [5.74, 6) is 0.682. The Morgan fingerprint density at radius 2 is 1.88 bits per heavy atom. The topological polar surface area (TPSA) is 20.2 Å². The minimum atomic E-state index is -1.07. The maximum absolute atomic E-state index is 11.7. The van der Waals surface area contributed by atoms with Gasteiger partial charge in [-0.1, -0.05) is 80.9 Å². The van der Waals surface area contributed by atoms with Crippen molar-refractivity contribution < 1.29 is 5.11 Å². The van der Waals surface area contributed by atoms with Crippen LogP contribution in [0.3, 0.4) is 0 Å². The third kappa shape index (κ3) is 2.81. The number of benzene rings is 2. The average Bonchev–Trinajstić information content (AvgIpc) is 2.59. The van der Waals surface area contributed by atoms with E-state index in [1.807, 2.05) is 36.4 Å². The number of halogens is 1. The Morgan fingerprint density at radius 1 is 1.17 bits per heavy atom. The van der Waals surface area contributed by atoms with Crippen molar-refractivity contribution in [2.75, 3.05) is 0 Å². The third-order valence-corrected chi connectivity index (χ3v) is 5.85. The number of hydrogen-bond donors (Lipinski definition) is 1. The van der Waals surface area contributed by atoms with E-state index in [9.17, 15) is 5.11 Å². The minimum Gasteiger partial charge on any atom is -0.380 e. The second-order valence-corrected chi connectivity index (χ2v) is 7.42. The number of hydrogen-bond acceptors (Lipinski definition) is 1.